The van der Waals surface area contributed by atoms with Gasteiger partial charge in [-0.05, 0) is 80.0 Å². The van der Waals surface area contributed by atoms with Gasteiger partial charge in [-0.2, -0.15) is 0 Å². The van der Waals surface area contributed by atoms with E-state index in [1.807, 2.05) is 0 Å². The fourth-order valence-electron chi connectivity index (χ4n) is 3.45. The Bertz CT molecular complexity index is 790. The number of fused-ring (bicyclic) bond motifs is 1. The minimum absolute atomic E-state index is 0.121. The predicted octanol–water partition coefficient (Wildman–Crippen LogP) is 4.12. The zero-order chi connectivity index (χ0) is 17.2. The Morgan fingerprint density at radius 1 is 1.21 bits per heavy atom. The molecule has 0 saturated heterocycles. The summed E-state index contributed by atoms with van der Waals surface area (Å²) in [5, 5.41) is 7.02. The van der Waals surface area contributed by atoms with Crippen molar-refractivity contribution < 1.29 is 8.42 Å². The van der Waals surface area contributed by atoms with Crippen LogP contribution in [0.3, 0.4) is 0 Å². The van der Waals surface area contributed by atoms with Gasteiger partial charge in [0.15, 0.2) is 0 Å². The summed E-state index contributed by atoms with van der Waals surface area (Å²) in [6.07, 6.45) is 4.02. The number of sulfonamides is 1. The molecule has 1 aromatic carbocycles. The van der Waals surface area contributed by atoms with Gasteiger partial charge >= 0.3 is 0 Å². The normalized spacial score (nSPS) is 21.9. The Balaban J connectivity index is 1.51. The van der Waals surface area contributed by atoms with Gasteiger partial charge in [-0.3, -0.25) is 0 Å². The number of hydrogen-bond acceptors (Lipinski definition) is 4. The van der Waals surface area contributed by atoms with E-state index in [1.165, 1.54) is 21.3 Å². The Morgan fingerprint density at radius 3 is 2.67 bits per heavy atom. The number of benzene rings is 1. The van der Waals surface area contributed by atoms with Crippen molar-refractivity contribution in [3.05, 3.63) is 29.1 Å². The van der Waals surface area contributed by atoms with Crippen molar-refractivity contribution in [3.8, 4) is 0 Å². The summed E-state index contributed by atoms with van der Waals surface area (Å²) < 4.78 is 27.5. The van der Waals surface area contributed by atoms with Crippen LogP contribution in [-0.4, -0.2) is 26.8 Å². The van der Waals surface area contributed by atoms with Crippen molar-refractivity contribution in [3.63, 3.8) is 0 Å². The molecule has 1 saturated carbocycles. The van der Waals surface area contributed by atoms with Crippen molar-refractivity contribution in [2.75, 3.05) is 17.6 Å². The summed E-state index contributed by atoms with van der Waals surface area (Å²) in [5.74, 6) is 0.782. The molecule has 1 aliphatic carbocycles. The van der Waals surface area contributed by atoms with Crippen LogP contribution in [0.2, 0.25) is 0 Å². The topological polar surface area (TPSA) is 58.2 Å². The second-order valence-electron chi connectivity index (χ2n) is 6.75. The molecule has 1 heterocycles. The lowest BCUT2D eigenvalue weighted by Crippen LogP contribution is -2.39. The molecule has 132 valence electrons. The molecule has 2 N–H and O–H groups in total. The molecule has 0 bridgehead atoms. The minimum atomic E-state index is -3.08. The second kappa shape index (κ2) is 7.42. The molecule has 0 radical (unpaired) electrons. The first-order chi connectivity index (χ1) is 11.5. The molecule has 4 nitrogen and oxygen atoms in total. The molecular weight excluding hydrogens is 340 g/mol. The van der Waals surface area contributed by atoms with E-state index in [-0.39, 0.29) is 11.8 Å². The van der Waals surface area contributed by atoms with E-state index in [9.17, 15) is 8.42 Å². The molecule has 0 atom stereocenters. The second-order valence-corrected chi connectivity index (χ2v) is 9.71. The number of nitrogens with one attached hydrogen (secondary N) is 2. The molecule has 2 aromatic rings. The Kier molecular flexibility index (Phi) is 5.47. The third-order valence-corrected chi connectivity index (χ3v) is 7.42. The van der Waals surface area contributed by atoms with Crippen LogP contribution in [0.1, 0.15) is 38.2 Å². The lowest BCUT2D eigenvalue weighted by molar-refractivity contribution is 0.324. The van der Waals surface area contributed by atoms with Crippen molar-refractivity contribution >= 4 is 37.1 Å². The van der Waals surface area contributed by atoms with Gasteiger partial charge in [-0.25, -0.2) is 13.1 Å². The summed E-state index contributed by atoms with van der Waals surface area (Å²) in [5.41, 5.74) is 2.51. The van der Waals surface area contributed by atoms with Gasteiger partial charge in [0.2, 0.25) is 10.0 Å². The van der Waals surface area contributed by atoms with E-state index in [0.717, 1.165) is 32.2 Å². The average Bonchev–Trinajstić information content (AvgIpc) is 3.03. The standard InChI is InChI=1S/C18H26N2O2S2/c1-3-24(21,22)20-16-6-4-14(5-7-16)12-19-17-10-13(2)18-15(11-17)8-9-23-18/h8-11,14,16,19-20H,3-7,12H2,1-2H3. The smallest absolute Gasteiger partial charge is 0.211 e. The highest BCUT2D eigenvalue weighted by atomic mass is 32.2. The van der Waals surface area contributed by atoms with Crippen LogP contribution in [0, 0.1) is 12.8 Å². The van der Waals surface area contributed by atoms with E-state index in [4.69, 9.17) is 0 Å². The number of thiophene rings is 1. The highest BCUT2D eigenvalue weighted by molar-refractivity contribution is 7.89. The Hall–Kier alpha value is -1.11. The van der Waals surface area contributed by atoms with Crippen LogP contribution in [0.4, 0.5) is 5.69 Å². The highest BCUT2D eigenvalue weighted by Gasteiger charge is 2.24. The zero-order valence-corrected chi connectivity index (χ0v) is 16.0. The summed E-state index contributed by atoms with van der Waals surface area (Å²) in [6.45, 7) is 4.81. The van der Waals surface area contributed by atoms with Crippen LogP contribution < -0.4 is 10.0 Å². The molecule has 0 unspecified atom stereocenters. The van der Waals surface area contributed by atoms with E-state index in [2.05, 4.69) is 40.5 Å². The molecule has 0 spiro atoms. The van der Waals surface area contributed by atoms with Gasteiger partial charge in [0.05, 0.1) is 5.75 Å². The quantitative estimate of drug-likeness (QED) is 0.808. The fourth-order valence-corrected chi connectivity index (χ4v) is 5.22. The van der Waals surface area contributed by atoms with Crippen LogP contribution in [0.25, 0.3) is 10.1 Å². The van der Waals surface area contributed by atoms with Crippen molar-refractivity contribution in [2.24, 2.45) is 5.92 Å². The third-order valence-electron chi connectivity index (χ3n) is 4.90. The first kappa shape index (κ1) is 17.7. The van der Waals surface area contributed by atoms with Gasteiger partial charge in [-0.1, -0.05) is 0 Å². The summed E-state index contributed by atoms with van der Waals surface area (Å²) >= 11 is 1.79. The van der Waals surface area contributed by atoms with Crippen molar-refractivity contribution in [2.45, 2.75) is 45.6 Å². The Morgan fingerprint density at radius 2 is 1.96 bits per heavy atom. The van der Waals surface area contributed by atoms with Gasteiger partial charge in [-0.15, -0.1) is 11.3 Å². The molecule has 1 aliphatic rings. The molecule has 1 aromatic heterocycles. The van der Waals surface area contributed by atoms with E-state index in [1.54, 1.807) is 18.3 Å². The first-order valence-electron chi connectivity index (χ1n) is 8.68. The third kappa shape index (κ3) is 4.29. The molecular formula is C18H26N2O2S2. The fraction of sp³-hybridized carbons (Fsp3) is 0.556. The van der Waals surface area contributed by atoms with Gasteiger partial charge < -0.3 is 5.32 Å². The summed E-state index contributed by atoms with van der Waals surface area (Å²) in [6, 6.07) is 6.73. The molecule has 24 heavy (non-hydrogen) atoms. The predicted molar refractivity (Wildman–Crippen MR) is 103 cm³/mol. The minimum Gasteiger partial charge on any atom is -0.385 e. The molecule has 1 fully saturated rings. The molecule has 0 amide bonds. The monoisotopic (exact) mass is 366 g/mol. The van der Waals surface area contributed by atoms with E-state index >= 15 is 0 Å². The Labute approximate surface area is 148 Å². The molecule has 6 heteroatoms. The molecule has 0 aliphatic heterocycles. The van der Waals surface area contributed by atoms with E-state index in [0.29, 0.717) is 5.92 Å². The largest absolute Gasteiger partial charge is 0.385 e. The maximum absolute atomic E-state index is 11.7. The van der Waals surface area contributed by atoms with Gasteiger partial charge in [0, 0.05) is 23.0 Å². The summed E-state index contributed by atoms with van der Waals surface area (Å²) in [4.78, 5) is 0. The van der Waals surface area contributed by atoms with Gasteiger partial charge in [0.25, 0.3) is 0 Å². The van der Waals surface area contributed by atoms with Crippen LogP contribution in [0.15, 0.2) is 23.6 Å². The highest BCUT2D eigenvalue weighted by Crippen LogP contribution is 2.29. The van der Waals surface area contributed by atoms with Gasteiger partial charge in [0.1, 0.15) is 0 Å². The number of hydrogen-bond donors (Lipinski definition) is 2. The molecule has 3 rings (SSSR count). The van der Waals surface area contributed by atoms with E-state index < -0.39 is 10.0 Å². The van der Waals surface area contributed by atoms with Crippen molar-refractivity contribution in [1.82, 2.24) is 4.72 Å². The van der Waals surface area contributed by atoms with Crippen molar-refractivity contribution in [1.29, 1.82) is 0 Å². The number of anilines is 1. The van der Waals surface area contributed by atoms with Crippen LogP contribution in [0.5, 0.6) is 0 Å². The number of rotatable bonds is 6. The number of aryl methyl sites for hydroxylation is 1. The zero-order valence-electron chi connectivity index (χ0n) is 14.3. The lowest BCUT2D eigenvalue weighted by Gasteiger charge is -2.29. The average molecular weight is 367 g/mol. The SMILES string of the molecule is CCS(=O)(=O)NC1CCC(CNc2cc(C)c3sccc3c2)CC1. The lowest BCUT2D eigenvalue weighted by atomic mass is 9.86. The summed E-state index contributed by atoms with van der Waals surface area (Å²) in [7, 11) is -3.08. The maximum Gasteiger partial charge on any atom is 0.211 e. The van der Waals surface area contributed by atoms with Crippen LogP contribution in [-0.2, 0) is 10.0 Å². The first-order valence-corrected chi connectivity index (χ1v) is 11.2. The maximum atomic E-state index is 11.7. The van der Waals surface area contributed by atoms with Crippen LogP contribution >= 0.6 is 11.3 Å².